The Morgan fingerprint density at radius 1 is 1.39 bits per heavy atom. The second-order valence-corrected chi connectivity index (χ2v) is 3.44. The first-order valence-electron chi connectivity index (χ1n) is 5.00. The number of alkyl halides is 3. The van der Waals surface area contributed by atoms with Gasteiger partial charge in [0.15, 0.2) is 6.29 Å². The van der Waals surface area contributed by atoms with Crippen LogP contribution < -0.4 is 11.1 Å². The zero-order valence-corrected chi connectivity index (χ0v) is 9.91. The monoisotopic (exact) mass is 265 g/mol. The number of nitrogen functional groups attached to an aromatic ring is 1. The lowest BCUT2D eigenvalue weighted by molar-refractivity contribution is -0.137. The number of nitrogens with one attached hydrogen (secondary N) is 1. The van der Waals surface area contributed by atoms with E-state index < -0.39 is 18.0 Å². The van der Waals surface area contributed by atoms with Crippen LogP contribution in [-0.4, -0.2) is 32.0 Å². The fraction of sp³-hybridized carbons (Fsp3) is 0.500. The lowest BCUT2D eigenvalue weighted by Gasteiger charge is -2.16. The Morgan fingerprint density at radius 3 is 2.50 bits per heavy atom. The molecule has 0 unspecified atom stereocenters. The molecule has 0 aliphatic rings. The maximum Gasteiger partial charge on any atom is 0.417 e. The van der Waals surface area contributed by atoms with Gasteiger partial charge in [-0.2, -0.15) is 13.2 Å². The van der Waals surface area contributed by atoms with Crippen LogP contribution in [0.2, 0.25) is 0 Å². The van der Waals surface area contributed by atoms with E-state index in [0.717, 1.165) is 6.07 Å². The van der Waals surface area contributed by atoms with Crippen molar-refractivity contribution in [2.75, 3.05) is 31.8 Å². The van der Waals surface area contributed by atoms with Crippen molar-refractivity contribution in [2.45, 2.75) is 12.5 Å². The number of hydrogen-bond donors (Lipinski definition) is 2. The number of methoxy groups -OCH3 is 2. The number of nitrogens with zero attached hydrogens (tertiary/aromatic N) is 1. The summed E-state index contributed by atoms with van der Waals surface area (Å²) in [7, 11) is 2.84. The lowest BCUT2D eigenvalue weighted by Crippen LogP contribution is -2.24. The zero-order chi connectivity index (χ0) is 13.8. The topological polar surface area (TPSA) is 69.4 Å². The molecule has 0 amide bonds. The van der Waals surface area contributed by atoms with Gasteiger partial charge in [-0.25, -0.2) is 4.98 Å². The largest absolute Gasteiger partial charge is 0.417 e. The SMILES string of the molecule is COC(CNc1cc(C(F)(F)F)cnc1N)OC. The second kappa shape index (κ2) is 5.87. The van der Waals surface area contributed by atoms with E-state index in [2.05, 4.69) is 10.3 Å². The summed E-state index contributed by atoms with van der Waals surface area (Å²) in [5.41, 5.74) is 4.70. The van der Waals surface area contributed by atoms with Crippen LogP contribution in [0.1, 0.15) is 5.56 Å². The van der Waals surface area contributed by atoms with Gasteiger partial charge >= 0.3 is 6.18 Å². The molecule has 0 bridgehead atoms. The Balaban J connectivity index is 2.82. The Hall–Kier alpha value is -1.54. The smallest absolute Gasteiger partial charge is 0.382 e. The number of aromatic nitrogens is 1. The molecule has 0 saturated heterocycles. The van der Waals surface area contributed by atoms with Gasteiger partial charge in [0.25, 0.3) is 0 Å². The van der Waals surface area contributed by atoms with Crippen molar-refractivity contribution in [3.8, 4) is 0 Å². The molecule has 0 aliphatic heterocycles. The third-order valence-corrected chi connectivity index (χ3v) is 2.23. The number of nitrogens with two attached hydrogens (primary N) is 1. The number of pyridine rings is 1. The van der Waals surface area contributed by atoms with Crippen LogP contribution in [0.5, 0.6) is 0 Å². The summed E-state index contributed by atoms with van der Waals surface area (Å²) in [6, 6.07) is 0.894. The number of anilines is 2. The fourth-order valence-electron chi connectivity index (χ4n) is 1.23. The Bertz CT molecular complexity index is 394. The van der Waals surface area contributed by atoms with Gasteiger partial charge in [-0.3, -0.25) is 0 Å². The van der Waals surface area contributed by atoms with Crippen LogP contribution >= 0.6 is 0 Å². The highest BCUT2D eigenvalue weighted by molar-refractivity contribution is 5.62. The Labute approximate surface area is 102 Å². The van der Waals surface area contributed by atoms with Gasteiger partial charge in [0.1, 0.15) is 5.82 Å². The van der Waals surface area contributed by atoms with Crippen molar-refractivity contribution in [2.24, 2.45) is 0 Å². The van der Waals surface area contributed by atoms with Crippen LogP contribution in [-0.2, 0) is 15.7 Å². The minimum atomic E-state index is -4.46. The highest BCUT2D eigenvalue weighted by Gasteiger charge is 2.31. The molecule has 102 valence electrons. The molecule has 18 heavy (non-hydrogen) atoms. The summed E-state index contributed by atoms with van der Waals surface area (Å²) in [6.07, 6.45) is -4.36. The van der Waals surface area contributed by atoms with Crippen molar-refractivity contribution in [3.05, 3.63) is 17.8 Å². The highest BCUT2D eigenvalue weighted by atomic mass is 19.4. The maximum atomic E-state index is 12.5. The van der Waals surface area contributed by atoms with Crippen LogP contribution in [0.25, 0.3) is 0 Å². The molecule has 1 heterocycles. The molecule has 0 saturated carbocycles. The van der Waals surface area contributed by atoms with Crippen LogP contribution in [0.4, 0.5) is 24.7 Å². The fourth-order valence-corrected chi connectivity index (χ4v) is 1.23. The van der Waals surface area contributed by atoms with Crippen molar-refractivity contribution in [1.29, 1.82) is 0 Å². The van der Waals surface area contributed by atoms with E-state index in [1.165, 1.54) is 14.2 Å². The lowest BCUT2D eigenvalue weighted by atomic mass is 10.2. The summed E-state index contributed by atoms with van der Waals surface area (Å²) in [4.78, 5) is 3.49. The molecule has 8 heteroatoms. The van der Waals surface area contributed by atoms with E-state index in [-0.39, 0.29) is 18.1 Å². The molecule has 0 spiro atoms. The minimum Gasteiger partial charge on any atom is -0.382 e. The average molecular weight is 265 g/mol. The molecule has 0 radical (unpaired) electrons. The van der Waals surface area contributed by atoms with Crippen LogP contribution in [0.15, 0.2) is 12.3 Å². The molecule has 0 aliphatic carbocycles. The van der Waals surface area contributed by atoms with E-state index in [9.17, 15) is 13.2 Å². The van der Waals surface area contributed by atoms with E-state index in [0.29, 0.717) is 6.20 Å². The van der Waals surface area contributed by atoms with Gasteiger partial charge in [-0.05, 0) is 6.07 Å². The molecule has 0 fully saturated rings. The van der Waals surface area contributed by atoms with Crippen molar-refractivity contribution in [1.82, 2.24) is 4.98 Å². The first kappa shape index (κ1) is 14.5. The molecule has 1 rings (SSSR count). The summed E-state index contributed by atoms with van der Waals surface area (Å²) in [5.74, 6) is -0.0195. The second-order valence-electron chi connectivity index (χ2n) is 3.44. The number of ether oxygens (including phenoxy) is 2. The quantitative estimate of drug-likeness (QED) is 0.793. The summed E-state index contributed by atoms with van der Waals surface area (Å²) in [6.45, 7) is 0.153. The molecule has 0 atom stereocenters. The van der Waals surface area contributed by atoms with Gasteiger partial charge in [0.2, 0.25) is 0 Å². The number of halogens is 3. The van der Waals surface area contributed by atoms with E-state index in [1.807, 2.05) is 0 Å². The number of rotatable bonds is 5. The predicted molar refractivity (Wildman–Crippen MR) is 59.9 cm³/mol. The first-order valence-corrected chi connectivity index (χ1v) is 5.00. The van der Waals surface area contributed by atoms with Crippen LogP contribution in [0.3, 0.4) is 0 Å². The zero-order valence-electron chi connectivity index (χ0n) is 9.91. The molecule has 3 N–H and O–H groups in total. The Kier molecular flexibility index (Phi) is 4.74. The van der Waals surface area contributed by atoms with Crippen molar-refractivity contribution in [3.63, 3.8) is 0 Å². The molecule has 0 aromatic carbocycles. The standard InChI is InChI=1S/C10H14F3N3O2/c1-17-8(18-2)5-15-7-3-6(10(11,12)13)4-16-9(7)14/h3-4,8,15H,5H2,1-2H3,(H2,14,16). The van der Waals surface area contributed by atoms with Crippen molar-refractivity contribution >= 4 is 11.5 Å². The van der Waals surface area contributed by atoms with E-state index >= 15 is 0 Å². The molecule has 1 aromatic heterocycles. The molecule has 5 nitrogen and oxygen atoms in total. The summed E-state index contributed by atoms with van der Waals surface area (Å²) < 4.78 is 47.2. The van der Waals surface area contributed by atoms with Gasteiger partial charge in [-0.1, -0.05) is 0 Å². The third-order valence-electron chi connectivity index (χ3n) is 2.23. The van der Waals surface area contributed by atoms with Gasteiger partial charge in [0, 0.05) is 20.4 Å². The van der Waals surface area contributed by atoms with Gasteiger partial charge in [0.05, 0.1) is 17.8 Å². The Morgan fingerprint density at radius 2 is 2.00 bits per heavy atom. The molecule has 1 aromatic rings. The van der Waals surface area contributed by atoms with Gasteiger partial charge < -0.3 is 20.5 Å². The maximum absolute atomic E-state index is 12.5. The summed E-state index contributed by atoms with van der Waals surface area (Å²) >= 11 is 0. The highest BCUT2D eigenvalue weighted by Crippen LogP contribution is 2.31. The summed E-state index contributed by atoms with van der Waals surface area (Å²) in [5, 5.41) is 2.69. The predicted octanol–water partition coefficient (Wildman–Crippen LogP) is 1.71. The van der Waals surface area contributed by atoms with E-state index in [1.54, 1.807) is 0 Å². The molecular formula is C10H14F3N3O2. The van der Waals surface area contributed by atoms with Gasteiger partial charge in [-0.15, -0.1) is 0 Å². The third kappa shape index (κ3) is 3.74. The van der Waals surface area contributed by atoms with Crippen molar-refractivity contribution < 1.29 is 22.6 Å². The van der Waals surface area contributed by atoms with Crippen LogP contribution in [0, 0.1) is 0 Å². The molecular weight excluding hydrogens is 251 g/mol. The minimum absolute atomic E-state index is 0.0195. The normalized spacial score (nSPS) is 11.9. The van der Waals surface area contributed by atoms with E-state index in [4.69, 9.17) is 15.2 Å². The average Bonchev–Trinajstić information content (AvgIpc) is 2.31. The first-order chi connectivity index (χ1) is 8.38. The number of hydrogen-bond acceptors (Lipinski definition) is 5.